The number of isothiocyanates is 2. The van der Waals surface area contributed by atoms with Crippen molar-refractivity contribution in [2.75, 3.05) is 0 Å². The zero-order valence-corrected chi connectivity index (χ0v) is 35.0. The van der Waals surface area contributed by atoms with Crippen LogP contribution in [0.15, 0.2) is 221 Å². The van der Waals surface area contributed by atoms with Gasteiger partial charge in [-0.2, -0.15) is 10.3 Å². The maximum Gasteiger partial charge on any atom is 2.00 e. The molecular formula is C50H44N6NiS2. The molecular weight excluding hydrogens is 807 g/mol. The minimum atomic E-state index is 0. The predicted octanol–water partition coefficient (Wildman–Crippen LogP) is 13.8. The predicted molar refractivity (Wildman–Crippen MR) is 255 cm³/mol. The normalized spacial score (nSPS) is 8.27. The van der Waals surface area contributed by atoms with Crippen molar-refractivity contribution in [2.45, 2.75) is 0 Å². The van der Waals surface area contributed by atoms with Crippen molar-refractivity contribution in [2.24, 2.45) is 0 Å². The standard InChI is InChI=1S/2C10H8.4C7H7N.2CNS.Ni/c2*1-2-5-9-7-4-8-10(9)6-3-1;4*1-2-7-3-5-8-6-4-7;2*2-1-3;/h2*1-8H;4*2-6H,1H2;;;/q;;;;;;2*-1;+2. The van der Waals surface area contributed by atoms with Crippen molar-refractivity contribution in [1.82, 2.24) is 19.9 Å². The summed E-state index contributed by atoms with van der Waals surface area (Å²) in [6, 6.07) is 48.7. The number of thiocarbonyl (C=S) groups is 2. The van der Waals surface area contributed by atoms with Gasteiger partial charge in [0.25, 0.3) is 0 Å². The summed E-state index contributed by atoms with van der Waals surface area (Å²) in [7, 11) is 0. The van der Waals surface area contributed by atoms with E-state index in [9.17, 15) is 0 Å². The van der Waals surface area contributed by atoms with Crippen LogP contribution in [0.3, 0.4) is 0 Å². The fraction of sp³-hybridized carbons (Fsp3) is 0. The van der Waals surface area contributed by atoms with Crippen LogP contribution in [0.4, 0.5) is 0 Å². The molecule has 4 aliphatic carbocycles. The fourth-order valence-electron chi connectivity index (χ4n) is 4.27. The largest absolute Gasteiger partial charge is 2.00 e. The Labute approximate surface area is 370 Å². The number of fused-ring (bicyclic) bond motifs is 2. The SMILES string of the molecule is C=Cc1ccncc1.C=Cc1ccncc1.C=Cc1ccncc1.C=Cc1ccncc1.[N-]=C=S.[N-]=C=S.[Ni+2].c1ccc2cccc-2cc1.c1ccc2cccc-2cc1. The van der Waals surface area contributed by atoms with Gasteiger partial charge in [0.05, 0.1) is 0 Å². The van der Waals surface area contributed by atoms with E-state index in [-0.39, 0.29) is 16.5 Å². The van der Waals surface area contributed by atoms with E-state index < -0.39 is 0 Å². The van der Waals surface area contributed by atoms with Crippen LogP contribution in [-0.2, 0) is 16.5 Å². The monoisotopic (exact) mass is 850 g/mol. The smallest absolute Gasteiger partial charge is 0.753 e. The molecule has 4 aliphatic rings. The molecule has 0 aromatic carbocycles. The minimum Gasteiger partial charge on any atom is -0.753 e. The summed E-state index contributed by atoms with van der Waals surface area (Å²) in [5, 5.41) is 16.9. The molecule has 9 heteroatoms. The Morgan fingerprint density at radius 2 is 0.508 bits per heavy atom. The molecule has 0 radical (unpaired) electrons. The van der Waals surface area contributed by atoms with E-state index in [1.165, 1.54) is 32.6 Å². The molecule has 4 aromatic rings. The van der Waals surface area contributed by atoms with Gasteiger partial charge in [-0.05, 0) is 93.0 Å². The third kappa shape index (κ3) is 25.8. The van der Waals surface area contributed by atoms with E-state index in [1.54, 1.807) is 73.9 Å². The molecule has 0 fully saturated rings. The van der Waals surface area contributed by atoms with E-state index in [1.807, 2.05) is 60.7 Å². The van der Waals surface area contributed by atoms with E-state index in [0.717, 1.165) is 22.3 Å². The van der Waals surface area contributed by atoms with Crippen LogP contribution >= 0.6 is 24.4 Å². The molecule has 6 nitrogen and oxygen atoms in total. The Balaban J connectivity index is 0.000000666. The summed E-state index contributed by atoms with van der Waals surface area (Å²) >= 11 is 7.40. The van der Waals surface area contributed by atoms with Gasteiger partial charge in [0.1, 0.15) is 0 Å². The van der Waals surface area contributed by atoms with Crippen LogP contribution in [0.1, 0.15) is 22.3 Å². The summed E-state index contributed by atoms with van der Waals surface area (Å²) in [5.41, 5.74) is 9.69. The van der Waals surface area contributed by atoms with Gasteiger partial charge >= 0.3 is 16.5 Å². The first-order chi connectivity index (χ1) is 28.5. The first-order valence-electron chi connectivity index (χ1n) is 17.5. The molecule has 0 unspecified atom stereocenters. The van der Waals surface area contributed by atoms with Gasteiger partial charge in [0.2, 0.25) is 0 Å². The molecule has 0 saturated carbocycles. The second kappa shape index (κ2) is 36.7. The summed E-state index contributed by atoms with van der Waals surface area (Å²) in [6.07, 6.45) is 21.1. The Morgan fingerprint density at radius 3 is 0.661 bits per heavy atom. The average Bonchev–Trinajstić information content (AvgIpc) is 3.81. The molecule has 296 valence electrons. The van der Waals surface area contributed by atoms with Gasteiger partial charge in [-0.3, -0.25) is 19.9 Å². The second-order valence-corrected chi connectivity index (χ2v) is 11.2. The Kier molecular flexibility index (Phi) is 32.4. The third-order valence-electron chi connectivity index (χ3n) is 7.08. The van der Waals surface area contributed by atoms with Crippen LogP contribution in [0.25, 0.3) is 57.4 Å². The molecule has 0 atom stereocenters. The maximum absolute atomic E-state index is 7.13. The Hall–Kier alpha value is -6.95. The Morgan fingerprint density at radius 1 is 0.339 bits per heavy atom. The van der Waals surface area contributed by atoms with Gasteiger partial charge in [-0.1, -0.05) is 172 Å². The molecule has 0 amide bonds. The number of nitrogens with zero attached hydrogens (tertiary/aromatic N) is 6. The second-order valence-electron chi connectivity index (χ2n) is 10.8. The molecule has 4 aromatic heterocycles. The number of hydrogen-bond acceptors (Lipinski definition) is 6. The number of aromatic nitrogens is 4. The summed E-state index contributed by atoms with van der Waals surface area (Å²) in [5.74, 6) is 0. The van der Waals surface area contributed by atoms with Gasteiger partial charge in [0, 0.05) is 49.6 Å². The summed E-state index contributed by atoms with van der Waals surface area (Å²) in [6.45, 7) is 14.4. The number of hydrogen-bond donors (Lipinski definition) is 0. The van der Waals surface area contributed by atoms with Crippen molar-refractivity contribution < 1.29 is 16.5 Å². The van der Waals surface area contributed by atoms with Crippen molar-refractivity contribution in [3.05, 3.63) is 255 Å². The van der Waals surface area contributed by atoms with Gasteiger partial charge in [0.15, 0.2) is 0 Å². The van der Waals surface area contributed by atoms with Gasteiger partial charge < -0.3 is 10.8 Å². The van der Waals surface area contributed by atoms with E-state index in [2.05, 4.69) is 156 Å². The molecule has 0 spiro atoms. The molecule has 0 bridgehead atoms. The van der Waals surface area contributed by atoms with Gasteiger partial charge in [-0.25, -0.2) is 0 Å². The van der Waals surface area contributed by atoms with Crippen LogP contribution in [0.2, 0.25) is 0 Å². The van der Waals surface area contributed by atoms with Crippen LogP contribution in [0, 0.1) is 0 Å². The zero-order valence-electron chi connectivity index (χ0n) is 32.4. The first-order valence-corrected chi connectivity index (χ1v) is 18.3. The van der Waals surface area contributed by atoms with E-state index >= 15 is 0 Å². The van der Waals surface area contributed by atoms with Crippen molar-refractivity contribution in [3.63, 3.8) is 0 Å². The minimum absolute atomic E-state index is 0. The van der Waals surface area contributed by atoms with Crippen LogP contribution in [-0.4, -0.2) is 30.3 Å². The van der Waals surface area contributed by atoms with E-state index in [4.69, 9.17) is 10.8 Å². The first kappa shape index (κ1) is 52.1. The zero-order chi connectivity index (χ0) is 42.3. The van der Waals surface area contributed by atoms with Crippen LogP contribution < -0.4 is 0 Å². The quantitative estimate of drug-likeness (QED) is 0.0994. The topological polar surface area (TPSA) is 96.2 Å². The van der Waals surface area contributed by atoms with Crippen molar-refractivity contribution >= 4 is 59.1 Å². The molecule has 0 N–H and O–H groups in total. The summed E-state index contributed by atoms with van der Waals surface area (Å²) in [4.78, 5) is 15.4. The van der Waals surface area contributed by atoms with Crippen molar-refractivity contribution in [3.8, 4) is 22.3 Å². The average molecular weight is 852 g/mol. The number of pyridine rings is 4. The van der Waals surface area contributed by atoms with E-state index in [0.29, 0.717) is 0 Å². The molecule has 0 aliphatic heterocycles. The fourth-order valence-corrected chi connectivity index (χ4v) is 4.27. The molecule has 59 heavy (non-hydrogen) atoms. The van der Waals surface area contributed by atoms with Gasteiger partial charge in [-0.15, -0.1) is 0 Å². The van der Waals surface area contributed by atoms with Crippen LogP contribution in [0.5, 0.6) is 0 Å². The Bertz CT molecular complexity index is 1950. The maximum atomic E-state index is 7.13. The molecule has 8 rings (SSSR count). The third-order valence-corrected chi connectivity index (χ3v) is 7.08. The molecule has 4 heterocycles. The molecule has 0 saturated heterocycles. The van der Waals surface area contributed by atoms with Crippen molar-refractivity contribution in [1.29, 1.82) is 0 Å². The summed E-state index contributed by atoms with van der Waals surface area (Å²) < 4.78 is 0. The number of rotatable bonds is 4.